The Kier molecular flexibility index (Phi) is 6.22. The van der Waals surface area contributed by atoms with Crippen LogP contribution >= 0.6 is 11.8 Å². The van der Waals surface area contributed by atoms with Gasteiger partial charge in [0.25, 0.3) is 0 Å². The molecule has 1 amide bonds. The van der Waals surface area contributed by atoms with E-state index in [0.717, 1.165) is 16.9 Å². The zero-order valence-corrected chi connectivity index (χ0v) is 15.1. The van der Waals surface area contributed by atoms with Gasteiger partial charge in [-0.1, -0.05) is 54.2 Å². The molecule has 0 unspecified atom stereocenters. The summed E-state index contributed by atoms with van der Waals surface area (Å²) in [4.78, 5) is 20.7. The van der Waals surface area contributed by atoms with E-state index < -0.39 is 0 Å². The second-order valence-electron chi connectivity index (χ2n) is 5.50. The number of nitrogens with one attached hydrogen (secondary N) is 1. The molecule has 0 aliphatic rings. The number of rotatable bonds is 7. The lowest BCUT2D eigenvalue weighted by atomic mass is 9.98. The maximum Gasteiger partial charge on any atom is 0.231 e. The number of carbonyl (C=O) groups excluding carboxylic acids is 1. The third kappa shape index (κ3) is 4.83. The number of aromatic nitrogens is 2. The largest absolute Gasteiger partial charge is 0.497 e. The Balaban J connectivity index is 1.74. The highest BCUT2D eigenvalue weighted by Gasteiger charge is 2.17. The van der Waals surface area contributed by atoms with Crippen molar-refractivity contribution in [3.05, 3.63) is 84.2 Å². The molecule has 0 bridgehead atoms. The molecule has 3 rings (SSSR count). The van der Waals surface area contributed by atoms with Crippen molar-refractivity contribution >= 4 is 17.7 Å². The van der Waals surface area contributed by atoms with Gasteiger partial charge in [-0.15, -0.1) is 0 Å². The molecule has 1 heterocycles. The molecular formula is C20H19N3O2S. The van der Waals surface area contributed by atoms with Crippen LogP contribution in [0.15, 0.2) is 78.2 Å². The number of hydrogen-bond donors (Lipinski definition) is 1. The molecule has 1 aromatic heterocycles. The Hall–Kier alpha value is -2.86. The molecular weight excluding hydrogens is 346 g/mol. The summed E-state index contributed by atoms with van der Waals surface area (Å²) in [7, 11) is 1.63. The Morgan fingerprint density at radius 1 is 1.00 bits per heavy atom. The maximum absolute atomic E-state index is 12.5. The predicted molar refractivity (Wildman–Crippen MR) is 102 cm³/mol. The van der Waals surface area contributed by atoms with E-state index in [-0.39, 0.29) is 17.7 Å². The zero-order valence-electron chi connectivity index (χ0n) is 14.3. The first-order valence-corrected chi connectivity index (χ1v) is 9.13. The van der Waals surface area contributed by atoms with Crippen LogP contribution in [0.1, 0.15) is 17.2 Å². The molecule has 6 heteroatoms. The molecule has 5 nitrogen and oxygen atoms in total. The average Bonchev–Trinajstić information content (AvgIpc) is 2.72. The lowest BCUT2D eigenvalue weighted by molar-refractivity contribution is -0.119. The topological polar surface area (TPSA) is 64.1 Å². The number of ether oxygens (including phenoxy) is 1. The highest BCUT2D eigenvalue weighted by Crippen LogP contribution is 2.24. The van der Waals surface area contributed by atoms with E-state index in [2.05, 4.69) is 15.3 Å². The molecule has 1 N–H and O–H groups in total. The molecule has 0 radical (unpaired) electrons. The molecule has 132 valence electrons. The zero-order chi connectivity index (χ0) is 18.2. The van der Waals surface area contributed by atoms with Crippen molar-refractivity contribution < 1.29 is 9.53 Å². The molecule has 0 saturated carbocycles. The second kappa shape index (κ2) is 9.01. The van der Waals surface area contributed by atoms with Crippen molar-refractivity contribution in [3.63, 3.8) is 0 Å². The molecule has 0 aliphatic carbocycles. The third-order valence-corrected chi connectivity index (χ3v) is 4.64. The number of carbonyl (C=O) groups is 1. The third-order valence-electron chi connectivity index (χ3n) is 3.76. The van der Waals surface area contributed by atoms with Gasteiger partial charge in [0.2, 0.25) is 5.91 Å². The van der Waals surface area contributed by atoms with Gasteiger partial charge >= 0.3 is 0 Å². The van der Waals surface area contributed by atoms with Crippen molar-refractivity contribution in [1.82, 2.24) is 15.3 Å². The lowest BCUT2D eigenvalue weighted by Crippen LogP contribution is -2.30. The number of methoxy groups -OCH3 is 1. The minimum atomic E-state index is -0.230. The fraction of sp³-hybridized carbons (Fsp3) is 0.150. The van der Waals surface area contributed by atoms with Crippen LogP contribution < -0.4 is 10.1 Å². The fourth-order valence-electron chi connectivity index (χ4n) is 2.49. The van der Waals surface area contributed by atoms with Crippen molar-refractivity contribution in [1.29, 1.82) is 0 Å². The summed E-state index contributed by atoms with van der Waals surface area (Å²) < 4.78 is 5.22. The highest BCUT2D eigenvalue weighted by atomic mass is 32.2. The van der Waals surface area contributed by atoms with Gasteiger partial charge in [-0.3, -0.25) is 4.79 Å². The fourth-order valence-corrected chi connectivity index (χ4v) is 3.11. The molecule has 2 aromatic carbocycles. The van der Waals surface area contributed by atoms with Crippen LogP contribution in [0.5, 0.6) is 5.75 Å². The minimum Gasteiger partial charge on any atom is -0.497 e. The predicted octanol–water partition coefficient (Wildman–Crippen LogP) is 3.48. The summed E-state index contributed by atoms with van der Waals surface area (Å²) in [6.07, 6.45) is 3.33. The summed E-state index contributed by atoms with van der Waals surface area (Å²) in [5.41, 5.74) is 2.01. The van der Waals surface area contributed by atoms with Gasteiger partial charge in [0.05, 0.1) is 18.9 Å². The molecule has 0 spiro atoms. The lowest BCUT2D eigenvalue weighted by Gasteiger charge is -2.20. The Morgan fingerprint density at radius 2 is 1.65 bits per heavy atom. The summed E-state index contributed by atoms with van der Waals surface area (Å²) >= 11 is 1.31. The van der Waals surface area contributed by atoms with Gasteiger partial charge in [0.1, 0.15) is 5.75 Å². The van der Waals surface area contributed by atoms with Crippen LogP contribution in [0.4, 0.5) is 0 Å². The molecule has 1 atom stereocenters. The smallest absolute Gasteiger partial charge is 0.231 e. The Morgan fingerprint density at radius 3 is 2.31 bits per heavy atom. The van der Waals surface area contributed by atoms with Crippen molar-refractivity contribution in [2.24, 2.45) is 0 Å². The number of thioether (sulfide) groups is 1. The first kappa shape index (κ1) is 17.9. The van der Waals surface area contributed by atoms with E-state index in [0.29, 0.717) is 5.16 Å². The number of benzene rings is 2. The number of amides is 1. The van der Waals surface area contributed by atoms with E-state index in [9.17, 15) is 4.79 Å². The van der Waals surface area contributed by atoms with Crippen LogP contribution in [-0.2, 0) is 4.79 Å². The van der Waals surface area contributed by atoms with Crippen LogP contribution in [0.3, 0.4) is 0 Å². The summed E-state index contributed by atoms with van der Waals surface area (Å²) in [5, 5.41) is 3.69. The van der Waals surface area contributed by atoms with Gasteiger partial charge in [-0.05, 0) is 29.3 Å². The van der Waals surface area contributed by atoms with Gasteiger partial charge < -0.3 is 10.1 Å². The quantitative estimate of drug-likeness (QED) is 0.513. The van der Waals surface area contributed by atoms with Gasteiger partial charge in [0, 0.05) is 12.4 Å². The SMILES string of the molecule is COc1ccc([C@@H](NC(=O)CSc2ncccn2)c2ccccc2)cc1. The van der Waals surface area contributed by atoms with Crippen LogP contribution in [0, 0.1) is 0 Å². The first-order chi connectivity index (χ1) is 12.8. The number of nitrogens with zero attached hydrogens (tertiary/aromatic N) is 2. The Labute approximate surface area is 156 Å². The standard InChI is InChI=1S/C20H19N3O2S/c1-25-17-10-8-16(9-11-17)19(15-6-3-2-4-7-15)23-18(24)14-26-20-21-12-5-13-22-20/h2-13,19H,14H2,1H3,(H,23,24)/t19-/m0/s1. The highest BCUT2D eigenvalue weighted by molar-refractivity contribution is 7.99. The van der Waals surface area contributed by atoms with E-state index >= 15 is 0 Å². The molecule has 0 fully saturated rings. The molecule has 3 aromatic rings. The van der Waals surface area contributed by atoms with Gasteiger partial charge in [-0.2, -0.15) is 0 Å². The summed E-state index contributed by atoms with van der Waals surface area (Å²) in [6.45, 7) is 0. The normalized spacial score (nSPS) is 11.6. The number of hydrogen-bond acceptors (Lipinski definition) is 5. The maximum atomic E-state index is 12.5. The summed E-state index contributed by atoms with van der Waals surface area (Å²) in [5.74, 6) is 0.958. The van der Waals surface area contributed by atoms with Crippen molar-refractivity contribution in [2.75, 3.05) is 12.9 Å². The van der Waals surface area contributed by atoms with Crippen LogP contribution in [0.25, 0.3) is 0 Å². The van der Waals surface area contributed by atoms with E-state index in [4.69, 9.17) is 4.74 Å². The van der Waals surface area contributed by atoms with Crippen molar-refractivity contribution in [2.45, 2.75) is 11.2 Å². The van der Waals surface area contributed by atoms with Crippen LogP contribution in [-0.4, -0.2) is 28.7 Å². The molecule has 0 saturated heterocycles. The average molecular weight is 365 g/mol. The second-order valence-corrected chi connectivity index (χ2v) is 6.45. The van der Waals surface area contributed by atoms with Crippen molar-refractivity contribution in [3.8, 4) is 5.75 Å². The first-order valence-electron chi connectivity index (χ1n) is 8.14. The molecule has 0 aliphatic heterocycles. The molecule has 26 heavy (non-hydrogen) atoms. The summed E-state index contributed by atoms with van der Waals surface area (Å²) in [6, 6.07) is 19.1. The van der Waals surface area contributed by atoms with E-state index in [1.165, 1.54) is 11.8 Å². The van der Waals surface area contributed by atoms with Crippen LogP contribution in [0.2, 0.25) is 0 Å². The van der Waals surface area contributed by atoms with Gasteiger partial charge in [0.15, 0.2) is 5.16 Å². The van der Waals surface area contributed by atoms with E-state index in [1.807, 2.05) is 54.6 Å². The minimum absolute atomic E-state index is 0.0767. The van der Waals surface area contributed by atoms with E-state index in [1.54, 1.807) is 25.6 Å². The monoisotopic (exact) mass is 365 g/mol. The Bertz CT molecular complexity index is 827. The van der Waals surface area contributed by atoms with Gasteiger partial charge in [-0.25, -0.2) is 9.97 Å².